The van der Waals surface area contributed by atoms with Crippen molar-refractivity contribution >= 4 is 25.0 Å². The van der Waals surface area contributed by atoms with E-state index in [1.807, 2.05) is 6.92 Å². The highest BCUT2D eigenvalue weighted by molar-refractivity contribution is 6.45. The van der Waals surface area contributed by atoms with E-state index in [4.69, 9.17) is 23.5 Å². The summed E-state index contributed by atoms with van der Waals surface area (Å²) >= 11 is 0. The number of carbonyl (C=O) groups excluding carboxylic acids is 3. The third-order valence-corrected chi connectivity index (χ3v) is 3.22. The van der Waals surface area contributed by atoms with Crippen LogP contribution in [0.4, 0.5) is 0 Å². The Kier molecular flexibility index (Phi) is 7.51. The smallest absolute Gasteiger partial charge is 0.457 e. The SMILES string of the molecule is CCB1O[C@@H]([C@H](C)OC(C)=O)[C@H]([C@H](COC(C)=O)OC(C)=O)O1. The summed E-state index contributed by atoms with van der Waals surface area (Å²) in [6.45, 7) is 7.16. The summed E-state index contributed by atoms with van der Waals surface area (Å²) in [5.41, 5.74) is 0. The molecule has 1 aliphatic heterocycles. The highest BCUT2D eigenvalue weighted by Crippen LogP contribution is 2.27. The van der Waals surface area contributed by atoms with Crippen LogP contribution >= 0.6 is 0 Å². The van der Waals surface area contributed by atoms with Crippen LogP contribution in [-0.2, 0) is 37.9 Å². The van der Waals surface area contributed by atoms with E-state index in [1.165, 1.54) is 20.8 Å². The molecule has 0 aromatic rings. The summed E-state index contributed by atoms with van der Waals surface area (Å²) < 4.78 is 26.7. The summed E-state index contributed by atoms with van der Waals surface area (Å²) in [5.74, 6) is -1.49. The fourth-order valence-electron chi connectivity index (χ4n) is 2.34. The molecule has 0 saturated carbocycles. The van der Waals surface area contributed by atoms with Gasteiger partial charge in [0.25, 0.3) is 0 Å². The zero-order valence-electron chi connectivity index (χ0n) is 14.1. The lowest BCUT2D eigenvalue weighted by Gasteiger charge is -2.29. The second-order valence-electron chi connectivity index (χ2n) is 5.30. The number of esters is 3. The van der Waals surface area contributed by atoms with Crippen molar-refractivity contribution in [3.63, 3.8) is 0 Å². The minimum atomic E-state index is -0.851. The molecule has 0 aromatic carbocycles. The Bertz CT molecular complexity index is 440. The minimum absolute atomic E-state index is 0.164. The summed E-state index contributed by atoms with van der Waals surface area (Å²) in [4.78, 5) is 33.5. The van der Waals surface area contributed by atoms with Gasteiger partial charge in [-0.1, -0.05) is 6.92 Å². The molecule has 4 atom stereocenters. The van der Waals surface area contributed by atoms with Gasteiger partial charge >= 0.3 is 25.0 Å². The zero-order chi connectivity index (χ0) is 17.6. The van der Waals surface area contributed by atoms with Crippen molar-refractivity contribution < 1.29 is 37.9 Å². The fourth-order valence-corrected chi connectivity index (χ4v) is 2.34. The standard InChI is InChI=1S/C14H23BO8/c1-6-15-22-13(8(2)20-10(4)17)14(23-15)12(21-11(5)18)7-19-9(3)16/h8,12-14H,6-7H2,1-5H3/t8-,12-,13-,14-/m0/s1. The summed E-state index contributed by atoms with van der Waals surface area (Å²) in [6, 6.07) is 0. The predicted octanol–water partition coefficient (Wildman–Crippen LogP) is 0.725. The number of hydrogen-bond acceptors (Lipinski definition) is 8. The Balaban J connectivity index is 2.90. The molecule has 0 unspecified atom stereocenters. The van der Waals surface area contributed by atoms with Crippen molar-refractivity contribution in [2.75, 3.05) is 6.61 Å². The van der Waals surface area contributed by atoms with E-state index in [0.29, 0.717) is 6.32 Å². The van der Waals surface area contributed by atoms with Crippen molar-refractivity contribution in [1.82, 2.24) is 0 Å². The second-order valence-corrected chi connectivity index (χ2v) is 5.30. The van der Waals surface area contributed by atoms with E-state index in [9.17, 15) is 14.4 Å². The molecule has 1 fully saturated rings. The van der Waals surface area contributed by atoms with E-state index in [2.05, 4.69) is 0 Å². The molecule has 0 aromatic heterocycles. The van der Waals surface area contributed by atoms with E-state index in [0.717, 1.165) is 0 Å². The quantitative estimate of drug-likeness (QED) is 0.383. The van der Waals surface area contributed by atoms with Gasteiger partial charge in [0.15, 0.2) is 6.10 Å². The molecule has 0 spiro atoms. The minimum Gasteiger partial charge on any atom is -0.462 e. The lowest BCUT2D eigenvalue weighted by molar-refractivity contribution is -0.167. The lowest BCUT2D eigenvalue weighted by atomic mass is 9.87. The average molecular weight is 330 g/mol. The fraction of sp³-hybridized carbons (Fsp3) is 0.786. The van der Waals surface area contributed by atoms with Gasteiger partial charge in [-0.15, -0.1) is 0 Å². The first-order valence-electron chi connectivity index (χ1n) is 7.53. The van der Waals surface area contributed by atoms with Crippen molar-refractivity contribution in [3.8, 4) is 0 Å². The van der Waals surface area contributed by atoms with Gasteiger partial charge in [-0.25, -0.2) is 0 Å². The lowest BCUT2D eigenvalue weighted by Crippen LogP contribution is -2.46. The van der Waals surface area contributed by atoms with Crippen LogP contribution in [0.1, 0.15) is 34.6 Å². The molecule has 1 rings (SSSR count). The van der Waals surface area contributed by atoms with Crippen LogP contribution in [0.2, 0.25) is 6.32 Å². The molecule has 0 bridgehead atoms. The Morgan fingerprint density at radius 2 is 1.57 bits per heavy atom. The maximum absolute atomic E-state index is 11.3. The first kappa shape index (κ1) is 19.4. The van der Waals surface area contributed by atoms with Crippen LogP contribution in [0.25, 0.3) is 0 Å². The van der Waals surface area contributed by atoms with Gasteiger partial charge in [0.2, 0.25) is 0 Å². The topological polar surface area (TPSA) is 97.4 Å². The van der Waals surface area contributed by atoms with Gasteiger partial charge in [-0.3, -0.25) is 14.4 Å². The first-order chi connectivity index (χ1) is 10.7. The normalized spacial score (nSPS) is 23.1. The van der Waals surface area contributed by atoms with Gasteiger partial charge in [-0.2, -0.15) is 0 Å². The van der Waals surface area contributed by atoms with Gasteiger partial charge in [0.1, 0.15) is 24.9 Å². The average Bonchev–Trinajstić information content (AvgIpc) is 2.86. The first-order valence-corrected chi connectivity index (χ1v) is 7.53. The van der Waals surface area contributed by atoms with Crippen LogP contribution in [-0.4, -0.2) is 56.0 Å². The van der Waals surface area contributed by atoms with Crippen molar-refractivity contribution in [1.29, 1.82) is 0 Å². The molecular weight excluding hydrogens is 307 g/mol. The molecular formula is C14H23BO8. The molecule has 0 amide bonds. The summed E-state index contributed by atoms with van der Waals surface area (Å²) in [6.07, 6.45) is -2.23. The predicted molar refractivity (Wildman–Crippen MR) is 79.4 cm³/mol. The molecule has 0 radical (unpaired) electrons. The van der Waals surface area contributed by atoms with Crippen LogP contribution in [0.5, 0.6) is 0 Å². The van der Waals surface area contributed by atoms with Crippen LogP contribution in [0, 0.1) is 0 Å². The van der Waals surface area contributed by atoms with E-state index in [-0.39, 0.29) is 6.61 Å². The third-order valence-electron chi connectivity index (χ3n) is 3.22. The van der Waals surface area contributed by atoms with Crippen LogP contribution in [0.15, 0.2) is 0 Å². The molecule has 1 heterocycles. The molecule has 130 valence electrons. The van der Waals surface area contributed by atoms with Crippen molar-refractivity contribution in [2.45, 2.75) is 65.4 Å². The Hall–Kier alpha value is -1.61. The zero-order valence-corrected chi connectivity index (χ0v) is 14.1. The highest BCUT2D eigenvalue weighted by atomic mass is 16.7. The van der Waals surface area contributed by atoms with Gasteiger partial charge in [0, 0.05) is 20.8 Å². The summed E-state index contributed by atoms with van der Waals surface area (Å²) in [7, 11) is -0.515. The van der Waals surface area contributed by atoms with Crippen molar-refractivity contribution in [3.05, 3.63) is 0 Å². The van der Waals surface area contributed by atoms with E-state index < -0.39 is 49.4 Å². The van der Waals surface area contributed by atoms with Gasteiger partial charge < -0.3 is 23.5 Å². The Morgan fingerprint density at radius 1 is 1.00 bits per heavy atom. The molecule has 1 saturated heterocycles. The maximum atomic E-state index is 11.3. The maximum Gasteiger partial charge on any atom is 0.457 e. The number of hydrogen-bond donors (Lipinski definition) is 0. The molecule has 0 aliphatic carbocycles. The van der Waals surface area contributed by atoms with E-state index >= 15 is 0 Å². The Labute approximate surface area is 135 Å². The monoisotopic (exact) mass is 330 g/mol. The number of carbonyl (C=O) groups is 3. The highest BCUT2D eigenvalue weighted by Gasteiger charge is 2.47. The molecule has 1 aliphatic rings. The second kappa shape index (κ2) is 8.88. The summed E-state index contributed by atoms with van der Waals surface area (Å²) in [5, 5.41) is 0. The van der Waals surface area contributed by atoms with Gasteiger partial charge in [0.05, 0.1) is 0 Å². The number of rotatable bonds is 7. The Morgan fingerprint density at radius 3 is 2.04 bits per heavy atom. The molecule has 8 nitrogen and oxygen atoms in total. The van der Waals surface area contributed by atoms with Crippen molar-refractivity contribution in [2.24, 2.45) is 0 Å². The van der Waals surface area contributed by atoms with Gasteiger partial charge in [-0.05, 0) is 13.2 Å². The van der Waals surface area contributed by atoms with Crippen LogP contribution in [0.3, 0.4) is 0 Å². The third kappa shape index (κ3) is 6.19. The molecule has 9 heteroatoms. The molecule has 0 N–H and O–H groups in total. The van der Waals surface area contributed by atoms with Crippen LogP contribution < -0.4 is 0 Å². The largest absolute Gasteiger partial charge is 0.462 e. The van der Waals surface area contributed by atoms with E-state index in [1.54, 1.807) is 6.92 Å². The number of ether oxygens (including phenoxy) is 3. The molecule has 23 heavy (non-hydrogen) atoms.